The Bertz CT molecular complexity index is 656. The zero-order chi connectivity index (χ0) is 17.5. The SMILES string of the molecule is CC(C)c1ccc(NCC(=O)Nc2ccc(OC(F)F)cc2)cc1. The molecular weight excluding hydrogens is 314 g/mol. The molecule has 2 aromatic rings. The van der Waals surface area contributed by atoms with Gasteiger partial charge in [0.15, 0.2) is 0 Å². The van der Waals surface area contributed by atoms with Gasteiger partial charge >= 0.3 is 6.61 Å². The van der Waals surface area contributed by atoms with Crippen molar-refractivity contribution in [2.24, 2.45) is 0 Å². The largest absolute Gasteiger partial charge is 0.435 e. The number of ether oxygens (including phenoxy) is 1. The summed E-state index contributed by atoms with van der Waals surface area (Å²) >= 11 is 0. The Balaban J connectivity index is 1.82. The summed E-state index contributed by atoms with van der Waals surface area (Å²) in [6, 6.07) is 13.7. The van der Waals surface area contributed by atoms with Crippen molar-refractivity contribution in [1.29, 1.82) is 0 Å². The van der Waals surface area contributed by atoms with Gasteiger partial charge in [0.1, 0.15) is 5.75 Å². The maximum Gasteiger partial charge on any atom is 0.387 e. The molecule has 0 spiro atoms. The highest BCUT2D eigenvalue weighted by atomic mass is 19.3. The second-order valence-electron chi connectivity index (χ2n) is 5.58. The fraction of sp³-hybridized carbons (Fsp3) is 0.278. The highest BCUT2D eigenvalue weighted by Crippen LogP contribution is 2.18. The number of amides is 1. The van der Waals surface area contributed by atoms with Gasteiger partial charge in [-0.1, -0.05) is 26.0 Å². The minimum Gasteiger partial charge on any atom is -0.435 e. The third-order valence-corrected chi connectivity index (χ3v) is 3.39. The van der Waals surface area contributed by atoms with Gasteiger partial charge < -0.3 is 15.4 Å². The quantitative estimate of drug-likeness (QED) is 0.786. The number of nitrogens with one attached hydrogen (secondary N) is 2. The summed E-state index contributed by atoms with van der Waals surface area (Å²) in [6.07, 6.45) is 0. The van der Waals surface area contributed by atoms with Crippen molar-refractivity contribution in [3.8, 4) is 5.75 Å². The Morgan fingerprint density at radius 3 is 2.12 bits per heavy atom. The number of carbonyl (C=O) groups is 1. The molecule has 6 heteroatoms. The van der Waals surface area contributed by atoms with Crippen LogP contribution in [-0.4, -0.2) is 19.1 Å². The minimum absolute atomic E-state index is 0.0476. The molecule has 128 valence electrons. The number of hydrogen-bond acceptors (Lipinski definition) is 3. The van der Waals surface area contributed by atoms with Gasteiger partial charge in [0, 0.05) is 11.4 Å². The van der Waals surface area contributed by atoms with Crippen LogP contribution in [0.25, 0.3) is 0 Å². The molecule has 2 rings (SSSR count). The monoisotopic (exact) mass is 334 g/mol. The molecule has 0 atom stereocenters. The van der Waals surface area contributed by atoms with E-state index >= 15 is 0 Å². The first-order valence-corrected chi connectivity index (χ1v) is 7.62. The van der Waals surface area contributed by atoms with Crippen molar-refractivity contribution in [1.82, 2.24) is 0 Å². The number of hydrogen-bond donors (Lipinski definition) is 2. The molecule has 0 aliphatic heterocycles. The number of rotatable bonds is 7. The van der Waals surface area contributed by atoms with Gasteiger partial charge in [-0.2, -0.15) is 8.78 Å². The average molecular weight is 334 g/mol. The molecule has 24 heavy (non-hydrogen) atoms. The predicted molar refractivity (Wildman–Crippen MR) is 90.7 cm³/mol. The van der Waals surface area contributed by atoms with Gasteiger partial charge in [0.05, 0.1) is 6.54 Å². The van der Waals surface area contributed by atoms with E-state index in [2.05, 4.69) is 29.2 Å². The highest BCUT2D eigenvalue weighted by Gasteiger charge is 2.06. The molecule has 0 radical (unpaired) electrons. The van der Waals surface area contributed by atoms with E-state index in [4.69, 9.17) is 0 Å². The fourth-order valence-corrected chi connectivity index (χ4v) is 2.09. The lowest BCUT2D eigenvalue weighted by molar-refractivity contribution is -0.114. The van der Waals surface area contributed by atoms with Gasteiger partial charge in [0.2, 0.25) is 5.91 Å². The van der Waals surface area contributed by atoms with Crippen LogP contribution < -0.4 is 15.4 Å². The maximum absolute atomic E-state index is 12.1. The second kappa shape index (κ2) is 8.29. The number of carbonyl (C=O) groups excluding carboxylic acids is 1. The first kappa shape index (κ1) is 17.7. The summed E-state index contributed by atoms with van der Waals surface area (Å²) in [7, 11) is 0. The Morgan fingerprint density at radius 1 is 1.00 bits per heavy atom. The molecule has 0 aliphatic carbocycles. The summed E-state index contributed by atoms with van der Waals surface area (Å²) in [4.78, 5) is 11.9. The molecule has 2 N–H and O–H groups in total. The molecule has 0 fully saturated rings. The van der Waals surface area contributed by atoms with Crippen LogP contribution in [0.4, 0.5) is 20.2 Å². The summed E-state index contributed by atoms with van der Waals surface area (Å²) in [5, 5.41) is 5.71. The van der Waals surface area contributed by atoms with E-state index in [-0.39, 0.29) is 18.2 Å². The van der Waals surface area contributed by atoms with Crippen LogP contribution in [0, 0.1) is 0 Å². The van der Waals surface area contributed by atoms with Crippen LogP contribution in [-0.2, 0) is 4.79 Å². The third kappa shape index (κ3) is 5.53. The van der Waals surface area contributed by atoms with Crippen LogP contribution in [0.3, 0.4) is 0 Å². The predicted octanol–water partition coefficient (Wildman–Crippen LogP) is 4.46. The van der Waals surface area contributed by atoms with Crippen LogP contribution in [0.2, 0.25) is 0 Å². The van der Waals surface area contributed by atoms with E-state index in [1.807, 2.05) is 24.3 Å². The number of anilines is 2. The molecule has 2 aromatic carbocycles. The number of halogens is 2. The molecule has 0 aliphatic rings. The number of benzene rings is 2. The van der Waals surface area contributed by atoms with E-state index < -0.39 is 6.61 Å². The van der Waals surface area contributed by atoms with Gasteiger partial charge in [-0.15, -0.1) is 0 Å². The molecule has 0 saturated heterocycles. The zero-order valence-electron chi connectivity index (χ0n) is 13.6. The maximum atomic E-state index is 12.1. The van der Waals surface area contributed by atoms with Gasteiger partial charge in [-0.05, 0) is 47.9 Å². The number of alkyl halides is 2. The van der Waals surface area contributed by atoms with E-state index in [9.17, 15) is 13.6 Å². The molecule has 4 nitrogen and oxygen atoms in total. The fourth-order valence-electron chi connectivity index (χ4n) is 2.09. The Kier molecular flexibility index (Phi) is 6.12. The third-order valence-electron chi connectivity index (χ3n) is 3.39. The van der Waals surface area contributed by atoms with Gasteiger partial charge in [-0.3, -0.25) is 4.79 Å². The lowest BCUT2D eigenvalue weighted by Crippen LogP contribution is -2.21. The Hall–Kier alpha value is -2.63. The molecule has 0 heterocycles. The van der Waals surface area contributed by atoms with Crippen LogP contribution in [0.1, 0.15) is 25.3 Å². The zero-order valence-corrected chi connectivity index (χ0v) is 13.6. The van der Waals surface area contributed by atoms with Crippen molar-refractivity contribution in [2.75, 3.05) is 17.2 Å². The summed E-state index contributed by atoms with van der Waals surface area (Å²) in [5.74, 6) is 0.274. The highest BCUT2D eigenvalue weighted by molar-refractivity contribution is 5.93. The Labute approximate surface area is 139 Å². The first-order chi connectivity index (χ1) is 11.4. The van der Waals surface area contributed by atoms with E-state index in [1.54, 1.807) is 0 Å². The lowest BCUT2D eigenvalue weighted by atomic mass is 10.0. The van der Waals surface area contributed by atoms with E-state index in [0.29, 0.717) is 11.6 Å². The lowest BCUT2D eigenvalue weighted by Gasteiger charge is -2.10. The topological polar surface area (TPSA) is 50.4 Å². The smallest absolute Gasteiger partial charge is 0.387 e. The molecule has 0 saturated carbocycles. The minimum atomic E-state index is -2.86. The van der Waals surface area contributed by atoms with Crippen molar-refractivity contribution in [3.63, 3.8) is 0 Å². The van der Waals surface area contributed by atoms with Crippen molar-refractivity contribution < 1.29 is 18.3 Å². The van der Waals surface area contributed by atoms with Gasteiger partial charge in [-0.25, -0.2) is 0 Å². The molecular formula is C18H20F2N2O2. The summed E-state index contributed by atoms with van der Waals surface area (Å²) in [5.41, 5.74) is 2.60. The second-order valence-corrected chi connectivity index (χ2v) is 5.58. The standard InChI is InChI=1S/C18H20F2N2O2/c1-12(2)13-3-5-14(6-4-13)21-11-17(23)22-15-7-9-16(10-8-15)24-18(19)20/h3-10,12,18,21H,11H2,1-2H3,(H,22,23). The molecule has 1 amide bonds. The van der Waals surface area contributed by atoms with E-state index in [0.717, 1.165) is 5.69 Å². The molecule has 0 unspecified atom stereocenters. The van der Waals surface area contributed by atoms with Gasteiger partial charge in [0.25, 0.3) is 0 Å². The van der Waals surface area contributed by atoms with Crippen molar-refractivity contribution in [2.45, 2.75) is 26.4 Å². The van der Waals surface area contributed by atoms with Crippen LogP contribution in [0.15, 0.2) is 48.5 Å². The van der Waals surface area contributed by atoms with Crippen molar-refractivity contribution >= 4 is 17.3 Å². The van der Waals surface area contributed by atoms with Crippen LogP contribution in [0.5, 0.6) is 5.75 Å². The summed E-state index contributed by atoms with van der Waals surface area (Å²) < 4.78 is 28.4. The average Bonchev–Trinajstić information content (AvgIpc) is 2.54. The van der Waals surface area contributed by atoms with Crippen LogP contribution >= 0.6 is 0 Å². The van der Waals surface area contributed by atoms with Crippen molar-refractivity contribution in [3.05, 3.63) is 54.1 Å². The summed E-state index contributed by atoms with van der Waals surface area (Å²) in [6.45, 7) is 1.48. The molecule has 0 bridgehead atoms. The van der Waals surface area contributed by atoms with E-state index in [1.165, 1.54) is 29.8 Å². The first-order valence-electron chi connectivity index (χ1n) is 7.62. The molecule has 0 aromatic heterocycles. The Morgan fingerprint density at radius 2 is 1.58 bits per heavy atom. The normalized spacial score (nSPS) is 10.8.